The third-order valence-corrected chi connectivity index (χ3v) is 2.57. The molecule has 0 spiro atoms. The van der Waals surface area contributed by atoms with Crippen molar-refractivity contribution < 1.29 is 31.4 Å². The lowest BCUT2D eigenvalue weighted by molar-refractivity contribution is -0.129. The second-order valence-corrected chi connectivity index (χ2v) is 4.85. The van der Waals surface area contributed by atoms with Crippen LogP contribution in [0, 0.1) is 5.92 Å². The molecule has 0 aromatic heterocycles. The Labute approximate surface area is 133 Å². The number of rotatable bonds is 13. The van der Waals surface area contributed by atoms with E-state index in [4.69, 9.17) is 14.2 Å². The first kappa shape index (κ1) is 20.5. The normalized spacial score (nSPS) is 10.5. The monoisotopic (exact) mass is 322 g/mol. The first-order valence-corrected chi connectivity index (χ1v) is 7.18. The predicted molar refractivity (Wildman–Crippen MR) is 83.6 cm³/mol. The van der Waals surface area contributed by atoms with Gasteiger partial charge in [-0.25, -0.2) is 0 Å². The molecule has 0 fully saturated rings. The van der Waals surface area contributed by atoms with Crippen LogP contribution >= 0.6 is 0 Å². The molecule has 0 rings (SSSR count). The van der Waals surface area contributed by atoms with Gasteiger partial charge in [-0.3, -0.25) is 14.4 Å². The van der Waals surface area contributed by atoms with Crippen LogP contribution in [-0.2, 0) is 28.6 Å². The molecule has 0 bridgehead atoms. The molecule has 0 saturated heterocycles. The Bertz CT molecular complexity index is 356. The molecule has 0 aliphatic heterocycles. The smallest absolute Gasteiger partial charge is 0.246 e. The zero-order valence-electron chi connectivity index (χ0n) is 13.5. The van der Waals surface area contributed by atoms with Crippen LogP contribution in [-0.4, -0.2) is 70.8 Å². The van der Waals surface area contributed by atoms with Crippen molar-refractivity contribution in [3.63, 3.8) is 0 Å². The lowest BCUT2D eigenvalue weighted by atomic mass is 10.1. The molecule has 8 heteroatoms. The molecule has 0 heterocycles. The van der Waals surface area contributed by atoms with Crippen LogP contribution in [0.25, 0.3) is 0 Å². The zero-order chi connectivity index (χ0) is 16.8. The van der Waals surface area contributed by atoms with Gasteiger partial charge in [0.1, 0.15) is 13.2 Å². The Kier molecular flexibility index (Phi) is 12.3. The van der Waals surface area contributed by atoms with Gasteiger partial charge in [0.2, 0.25) is 11.8 Å². The molecule has 0 atom stereocenters. The van der Waals surface area contributed by atoms with E-state index >= 15 is 0 Å². The van der Waals surface area contributed by atoms with E-state index in [-0.39, 0.29) is 59.3 Å². The SMILES string of the molecule is COCCOCC(=O)NCC(=O)NCCOCC(=O)C(C)C.[HH].[HH]. The summed E-state index contributed by atoms with van der Waals surface area (Å²) in [5.74, 6) is -0.739. The first-order chi connectivity index (χ1) is 10.5. The predicted octanol–water partition coefficient (Wildman–Crippen LogP) is -0.384. The third-order valence-electron chi connectivity index (χ3n) is 2.57. The number of hydrogen-bond acceptors (Lipinski definition) is 6. The van der Waals surface area contributed by atoms with Crippen molar-refractivity contribution in [3.8, 4) is 0 Å². The molecule has 0 unspecified atom stereocenters. The molecular weight excluding hydrogens is 292 g/mol. The number of nitrogens with one attached hydrogen (secondary N) is 2. The first-order valence-electron chi connectivity index (χ1n) is 7.18. The Balaban J connectivity index is -0.00000220. The fraction of sp³-hybridized carbons (Fsp3) is 0.786. The van der Waals surface area contributed by atoms with Crippen molar-refractivity contribution in [2.75, 3.05) is 53.2 Å². The second-order valence-electron chi connectivity index (χ2n) is 4.85. The highest BCUT2D eigenvalue weighted by molar-refractivity contribution is 5.85. The number of carbonyl (C=O) groups excluding carboxylic acids is 3. The van der Waals surface area contributed by atoms with Gasteiger partial charge >= 0.3 is 0 Å². The van der Waals surface area contributed by atoms with Gasteiger partial charge in [0.15, 0.2) is 5.78 Å². The third kappa shape index (κ3) is 12.2. The minimum atomic E-state index is -0.370. The van der Waals surface area contributed by atoms with Gasteiger partial charge in [0, 0.05) is 22.4 Å². The van der Waals surface area contributed by atoms with Crippen molar-refractivity contribution in [1.29, 1.82) is 0 Å². The number of carbonyl (C=O) groups is 3. The van der Waals surface area contributed by atoms with Crippen LogP contribution in [0.1, 0.15) is 16.7 Å². The molecule has 22 heavy (non-hydrogen) atoms. The van der Waals surface area contributed by atoms with Crippen LogP contribution < -0.4 is 10.6 Å². The molecule has 0 aliphatic carbocycles. The number of amides is 2. The topological polar surface area (TPSA) is 103 Å². The molecule has 132 valence electrons. The largest absolute Gasteiger partial charge is 0.382 e. The van der Waals surface area contributed by atoms with E-state index in [1.165, 1.54) is 7.11 Å². The van der Waals surface area contributed by atoms with Crippen molar-refractivity contribution in [2.45, 2.75) is 13.8 Å². The van der Waals surface area contributed by atoms with Gasteiger partial charge in [-0.05, 0) is 0 Å². The highest BCUT2D eigenvalue weighted by Gasteiger charge is 2.07. The zero-order valence-corrected chi connectivity index (χ0v) is 13.5. The average Bonchev–Trinajstić information content (AvgIpc) is 2.48. The maximum absolute atomic E-state index is 11.4. The van der Waals surface area contributed by atoms with E-state index in [0.29, 0.717) is 13.2 Å². The number of ketones is 1. The average molecular weight is 322 g/mol. The maximum Gasteiger partial charge on any atom is 0.246 e. The van der Waals surface area contributed by atoms with Crippen LogP contribution in [0.4, 0.5) is 0 Å². The standard InChI is InChI=1S/C14H26N2O6.2H2/c1-11(2)12(17)9-21-5-4-15-13(18)8-16-14(19)10-22-7-6-20-3;;/h11H,4-10H2,1-3H3,(H,15,18)(H,16,19);2*1H. The van der Waals surface area contributed by atoms with Crippen molar-refractivity contribution in [2.24, 2.45) is 5.92 Å². The summed E-state index contributed by atoms with van der Waals surface area (Å²) in [5, 5.41) is 4.99. The summed E-state index contributed by atoms with van der Waals surface area (Å²) in [6.07, 6.45) is 0. The van der Waals surface area contributed by atoms with Gasteiger partial charge in [0.25, 0.3) is 0 Å². The molecule has 0 aromatic rings. The lowest BCUT2D eigenvalue weighted by Crippen LogP contribution is -2.39. The maximum atomic E-state index is 11.4. The summed E-state index contributed by atoms with van der Waals surface area (Å²) < 4.78 is 14.9. The summed E-state index contributed by atoms with van der Waals surface area (Å²) in [5.41, 5.74) is 0. The van der Waals surface area contributed by atoms with Gasteiger partial charge < -0.3 is 24.8 Å². The minimum absolute atomic E-state index is 0. The van der Waals surface area contributed by atoms with Crippen LogP contribution in [0.3, 0.4) is 0 Å². The highest BCUT2D eigenvalue weighted by atomic mass is 16.5. The van der Waals surface area contributed by atoms with Gasteiger partial charge in [0.05, 0.1) is 26.4 Å². The Morgan fingerprint density at radius 3 is 2.27 bits per heavy atom. The Hall–Kier alpha value is -1.51. The van der Waals surface area contributed by atoms with Crippen molar-refractivity contribution in [3.05, 3.63) is 0 Å². The molecule has 2 N–H and O–H groups in total. The molecule has 0 aromatic carbocycles. The molecule has 8 nitrogen and oxygen atoms in total. The van der Waals surface area contributed by atoms with E-state index in [9.17, 15) is 14.4 Å². The quantitative estimate of drug-likeness (QED) is 0.448. The lowest BCUT2D eigenvalue weighted by Gasteiger charge is -2.08. The molecule has 0 radical (unpaired) electrons. The van der Waals surface area contributed by atoms with Crippen LogP contribution in [0.5, 0.6) is 0 Å². The molecule has 0 saturated carbocycles. The van der Waals surface area contributed by atoms with Gasteiger partial charge in [-0.1, -0.05) is 13.8 Å². The van der Waals surface area contributed by atoms with Gasteiger partial charge in [-0.2, -0.15) is 0 Å². The number of hydrogen-bond donors (Lipinski definition) is 2. The fourth-order valence-electron chi connectivity index (χ4n) is 1.20. The van der Waals surface area contributed by atoms with Crippen LogP contribution in [0.15, 0.2) is 0 Å². The van der Waals surface area contributed by atoms with E-state index in [0.717, 1.165) is 0 Å². The van der Waals surface area contributed by atoms with E-state index < -0.39 is 0 Å². The highest BCUT2D eigenvalue weighted by Crippen LogP contribution is 1.93. The summed E-state index contributed by atoms with van der Waals surface area (Å²) in [6.45, 7) is 4.67. The summed E-state index contributed by atoms with van der Waals surface area (Å²) in [7, 11) is 1.54. The van der Waals surface area contributed by atoms with Crippen molar-refractivity contribution in [1.82, 2.24) is 10.6 Å². The summed E-state index contributed by atoms with van der Waals surface area (Å²) in [6, 6.07) is 0. The summed E-state index contributed by atoms with van der Waals surface area (Å²) in [4.78, 5) is 34.0. The number of Topliss-reactive ketones (excluding diaryl/α,β-unsaturated/α-hetero) is 1. The Morgan fingerprint density at radius 1 is 0.955 bits per heavy atom. The molecular formula is C14H30N2O6. The number of methoxy groups -OCH3 is 1. The fourth-order valence-corrected chi connectivity index (χ4v) is 1.20. The van der Waals surface area contributed by atoms with E-state index in [1.807, 2.05) is 0 Å². The molecule has 0 aliphatic rings. The molecule has 2 amide bonds. The van der Waals surface area contributed by atoms with Gasteiger partial charge in [-0.15, -0.1) is 0 Å². The van der Waals surface area contributed by atoms with E-state index in [2.05, 4.69) is 10.6 Å². The number of ether oxygens (including phenoxy) is 3. The Morgan fingerprint density at radius 2 is 1.64 bits per heavy atom. The van der Waals surface area contributed by atoms with E-state index in [1.54, 1.807) is 13.8 Å². The summed E-state index contributed by atoms with van der Waals surface area (Å²) >= 11 is 0. The minimum Gasteiger partial charge on any atom is -0.382 e. The van der Waals surface area contributed by atoms with Crippen LogP contribution in [0.2, 0.25) is 0 Å². The second kappa shape index (κ2) is 13.2. The van der Waals surface area contributed by atoms with Crippen molar-refractivity contribution >= 4 is 17.6 Å².